The van der Waals surface area contributed by atoms with E-state index in [0.29, 0.717) is 12.1 Å². The minimum absolute atomic E-state index is 0.409. The highest BCUT2D eigenvalue weighted by Gasteiger charge is 2.27. The number of rotatable bonds is 7. The number of pyridine rings is 1. The number of nitrogens with one attached hydrogen (secondary N) is 2. The molecule has 0 aromatic carbocycles. The molecule has 5 heterocycles. The Hall–Kier alpha value is -2.40. The van der Waals surface area contributed by atoms with Crippen molar-refractivity contribution in [2.75, 3.05) is 50.0 Å². The first-order valence-corrected chi connectivity index (χ1v) is 14.3. The molecule has 2 aliphatic heterocycles. The summed E-state index contributed by atoms with van der Waals surface area (Å²) in [6, 6.07) is 7.08. The van der Waals surface area contributed by atoms with E-state index in [0.717, 1.165) is 91.7 Å². The van der Waals surface area contributed by atoms with Crippen molar-refractivity contribution in [1.29, 1.82) is 0 Å². The van der Waals surface area contributed by atoms with Crippen molar-refractivity contribution < 1.29 is 4.74 Å². The van der Waals surface area contributed by atoms with Crippen LogP contribution in [0.15, 0.2) is 24.4 Å². The molecule has 3 aromatic rings. The van der Waals surface area contributed by atoms with Crippen molar-refractivity contribution in [3.05, 3.63) is 30.1 Å². The van der Waals surface area contributed by atoms with Crippen molar-refractivity contribution in [2.45, 2.75) is 63.6 Å². The lowest BCUT2D eigenvalue weighted by Crippen LogP contribution is -2.46. The maximum Gasteiger partial charge on any atom is 0.225 e. The lowest BCUT2D eigenvalue weighted by Gasteiger charge is -2.38. The molecule has 1 aliphatic carbocycles. The number of thiazole rings is 1. The van der Waals surface area contributed by atoms with Crippen LogP contribution < -0.4 is 10.6 Å². The van der Waals surface area contributed by atoms with Crippen LogP contribution in [0.1, 0.15) is 50.6 Å². The van der Waals surface area contributed by atoms with Gasteiger partial charge in [0, 0.05) is 44.0 Å². The number of piperidine rings is 1. The smallest absolute Gasteiger partial charge is 0.225 e. The van der Waals surface area contributed by atoms with Gasteiger partial charge in [-0.05, 0) is 63.7 Å². The van der Waals surface area contributed by atoms with E-state index in [1.165, 1.54) is 32.1 Å². The summed E-state index contributed by atoms with van der Waals surface area (Å²) in [6.45, 7) is 7.03. The summed E-state index contributed by atoms with van der Waals surface area (Å²) >= 11 is 1.55. The summed E-state index contributed by atoms with van der Waals surface area (Å²) in [6.07, 6.45) is 10.4. The molecule has 0 bridgehead atoms. The summed E-state index contributed by atoms with van der Waals surface area (Å²) in [4.78, 5) is 25.0. The molecule has 36 heavy (non-hydrogen) atoms. The van der Waals surface area contributed by atoms with Crippen LogP contribution in [0, 0.1) is 0 Å². The van der Waals surface area contributed by atoms with E-state index >= 15 is 0 Å². The fourth-order valence-corrected chi connectivity index (χ4v) is 6.51. The quantitative estimate of drug-likeness (QED) is 0.485. The first kappa shape index (κ1) is 24.0. The summed E-state index contributed by atoms with van der Waals surface area (Å²) in [5, 5.41) is 7.93. The van der Waals surface area contributed by atoms with Gasteiger partial charge in [0.25, 0.3) is 0 Å². The van der Waals surface area contributed by atoms with Gasteiger partial charge in [-0.3, -0.25) is 9.80 Å². The number of likely N-dealkylation sites (tertiary alicyclic amines) is 1. The maximum absolute atomic E-state index is 5.54. The third-order valence-corrected chi connectivity index (χ3v) is 8.50. The molecular weight excluding hydrogens is 472 g/mol. The van der Waals surface area contributed by atoms with E-state index in [1.54, 1.807) is 11.3 Å². The molecule has 3 fully saturated rings. The molecule has 1 saturated carbocycles. The van der Waals surface area contributed by atoms with Gasteiger partial charge in [0.05, 0.1) is 18.9 Å². The third kappa shape index (κ3) is 5.94. The number of ether oxygens (including phenoxy) is 1. The van der Waals surface area contributed by atoms with Gasteiger partial charge in [-0.25, -0.2) is 15.0 Å². The fraction of sp³-hybridized carbons (Fsp3) is 0.615. The van der Waals surface area contributed by atoms with E-state index in [9.17, 15) is 0 Å². The summed E-state index contributed by atoms with van der Waals surface area (Å²) < 4.78 is 5.54. The highest BCUT2D eigenvalue weighted by molar-refractivity contribution is 7.21. The standard InChI is InChI=1S/C26H36N8OS/c1-2-11-33(12-3-1)18-20-17-23(32-26-30-22-5-4-10-27-24(22)36-26)31-25(29-20)28-19-6-8-21(9-7-19)34-13-15-35-16-14-34/h4-5,10,17,19,21H,1-3,6-9,11-16,18H2,(H2,28,29,30,31,32). The van der Waals surface area contributed by atoms with Gasteiger partial charge in [0.2, 0.25) is 5.95 Å². The second kappa shape index (κ2) is 11.3. The summed E-state index contributed by atoms with van der Waals surface area (Å²) in [7, 11) is 0. The van der Waals surface area contributed by atoms with Crippen LogP contribution in [0.5, 0.6) is 0 Å². The molecule has 0 atom stereocenters. The average molecular weight is 509 g/mol. The van der Waals surface area contributed by atoms with Gasteiger partial charge in [-0.15, -0.1) is 0 Å². The molecule has 0 radical (unpaired) electrons. The van der Waals surface area contributed by atoms with Gasteiger partial charge < -0.3 is 15.4 Å². The zero-order valence-corrected chi connectivity index (χ0v) is 21.7. The first-order chi connectivity index (χ1) is 17.8. The minimum atomic E-state index is 0.409. The Labute approximate surface area is 216 Å². The Morgan fingerprint density at radius 3 is 2.61 bits per heavy atom. The van der Waals surface area contributed by atoms with E-state index in [1.807, 2.05) is 18.3 Å². The second-order valence-corrected chi connectivity index (χ2v) is 11.2. The number of anilines is 3. The van der Waals surface area contributed by atoms with Crippen LogP contribution in [-0.2, 0) is 11.3 Å². The predicted molar refractivity (Wildman–Crippen MR) is 144 cm³/mol. The molecule has 9 nitrogen and oxygen atoms in total. The van der Waals surface area contributed by atoms with E-state index in [-0.39, 0.29) is 0 Å². The predicted octanol–water partition coefficient (Wildman–Crippen LogP) is 4.27. The van der Waals surface area contributed by atoms with E-state index in [4.69, 9.17) is 19.7 Å². The zero-order valence-electron chi connectivity index (χ0n) is 20.9. The number of fused-ring (bicyclic) bond motifs is 1. The molecule has 0 amide bonds. The van der Waals surface area contributed by atoms with Gasteiger partial charge in [0.15, 0.2) is 5.13 Å². The first-order valence-electron chi connectivity index (χ1n) is 13.5. The minimum Gasteiger partial charge on any atom is -0.379 e. The number of morpholine rings is 1. The van der Waals surface area contributed by atoms with Gasteiger partial charge in [-0.2, -0.15) is 4.98 Å². The topological polar surface area (TPSA) is 91.3 Å². The fourth-order valence-electron chi connectivity index (χ4n) is 5.70. The molecule has 10 heteroatoms. The monoisotopic (exact) mass is 508 g/mol. The number of aromatic nitrogens is 4. The van der Waals surface area contributed by atoms with Crippen molar-refractivity contribution in [2.24, 2.45) is 0 Å². The second-order valence-electron chi connectivity index (χ2n) is 10.2. The highest BCUT2D eigenvalue weighted by Crippen LogP contribution is 2.29. The lowest BCUT2D eigenvalue weighted by atomic mass is 9.90. The zero-order chi connectivity index (χ0) is 24.2. The Morgan fingerprint density at radius 2 is 1.81 bits per heavy atom. The molecular formula is C26H36N8OS. The Kier molecular flexibility index (Phi) is 7.54. The van der Waals surface area contributed by atoms with E-state index < -0.39 is 0 Å². The highest BCUT2D eigenvalue weighted by atomic mass is 32.1. The van der Waals surface area contributed by atoms with Crippen molar-refractivity contribution in [3.63, 3.8) is 0 Å². The van der Waals surface area contributed by atoms with Crippen LogP contribution in [0.25, 0.3) is 10.3 Å². The van der Waals surface area contributed by atoms with E-state index in [2.05, 4.69) is 31.5 Å². The normalized spacial score (nSPS) is 24.1. The third-order valence-electron chi connectivity index (χ3n) is 7.61. The van der Waals surface area contributed by atoms with Crippen LogP contribution in [-0.4, -0.2) is 81.2 Å². The van der Waals surface area contributed by atoms with Crippen LogP contribution in [0.4, 0.5) is 16.9 Å². The number of hydrogen-bond donors (Lipinski definition) is 2. The average Bonchev–Trinajstić information content (AvgIpc) is 3.32. The lowest BCUT2D eigenvalue weighted by molar-refractivity contribution is 0.00790. The molecule has 6 rings (SSSR count). The van der Waals surface area contributed by atoms with Gasteiger partial charge >= 0.3 is 0 Å². The molecule has 2 saturated heterocycles. The number of nitrogens with zero attached hydrogens (tertiary/aromatic N) is 6. The molecule has 3 aliphatic rings. The molecule has 3 aromatic heterocycles. The van der Waals surface area contributed by atoms with Crippen molar-refractivity contribution in [1.82, 2.24) is 29.7 Å². The summed E-state index contributed by atoms with van der Waals surface area (Å²) in [5.41, 5.74) is 1.96. The van der Waals surface area contributed by atoms with Crippen molar-refractivity contribution in [3.8, 4) is 0 Å². The Bertz CT molecular complexity index is 1100. The molecule has 0 unspecified atom stereocenters. The van der Waals surface area contributed by atoms with Gasteiger partial charge in [-0.1, -0.05) is 17.8 Å². The Morgan fingerprint density at radius 1 is 0.972 bits per heavy atom. The molecule has 0 spiro atoms. The van der Waals surface area contributed by atoms with Crippen LogP contribution >= 0.6 is 11.3 Å². The molecule has 2 N–H and O–H groups in total. The van der Waals surface area contributed by atoms with Crippen LogP contribution in [0.2, 0.25) is 0 Å². The van der Waals surface area contributed by atoms with Crippen molar-refractivity contribution >= 4 is 38.6 Å². The summed E-state index contributed by atoms with van der Waals surface area (Å²) in [5.74, 6) is 1.52. The number of hydrogen-bond acceptors (Lipinski definition) is 10. The maximum atomic E-state index is 5.54. The van der Waals surface area contributed by atoms with Gasteiger partial charge in [0.1, 0.15) is 16.2 Å². The SMILES string of the molecule is c1cnc2sc(Nc3cc(CN4CCCCC4)nc(NC4CCC(N5CCOCC5)CC4)n3)nc2c1. The molecule has 192 valence electrons. The van der Waals surface area contributed by atoms with Crippen LogP contribution in [0.3, 0.4) is 0 Å². The Balaban J connectivity index is 1.16. The largest absolute Gasteiger partial charge is 0.379 e.